The number of rotatable bonds is 18. The van der Waals surface area contributed by atoms with Gasteiger partial charge in [-0.1, -0.05) is 206 Å². The molecule has 0 saturated heterocycles. The van der Waals surface area contributed by atoms with E-state index < -0.39 is 0 Å². The number of fused-ring (bicyclic) bond motifs is 2. The summed E-state index contributed by atoms with van der Waals surface area (Å²) in [4.78, 5) is 28.7. The summed E-state index contributed by atoms with van der Waals surface area (Å²) < 4.78 is 10.9. The average molecular weight is 941 g/mol. The predicted octanol–water partition coefficient (Wildman–Crippen LogP) is 15.3. The van der Waals surface area contributed by atoms with Crippen LogP contribution >= 0.6 is 0 Å². The molecule has 0 spiro atoms. The molecule has 0 amide bonds. The molecule has 0 heterocycles. The zero-order valence-corrected chi connectivity index (χ0v) is 40.6. The van der Waals surface area contributed by atoms with Crippen LogP contribution in [0.25, 0.3) is 70.2 Å². The van der Waals surface area contributed by atoms with Crippen molar-refractivity contribution in [1.82, 2.24) is 0 Å². The summed E-state index contributed by atoms with van der Waals surface area (Å²) in [7, 11) is 4.00. The van der Waals surface area contributed by atoms with Gasteiger partial charge >= 0.3 is 11.9 Å². The van der Waals surface area contributed by atoms with Crippen LogP contribution in [0.2, 0.25) is 0 Å². The first-order chi connectivity index (χ1) is 35.3. The van der Waals surface area contributed by atoms with Gasteiger partial charge < -0.3 is 19.3 Å². The van der Waals surface area contributed by atoms with Crippen LogP contribution in [0.3, 0.4) is 0 Å². The number of carbonyl (C=O) groups excluding carboxylic acids is 2. The molecule has 0 N–H and O–H groups in total. The summed E-state index contributed by atoms with van der Waals surface area (Å²) in [5, 5.41) is 4.83. The molecule has 0 unspecified atom stereocenters. The van der Waals surface area contributed by atoms with Crippen molar-refractivity contribution < 1.29 is 19.1 Å². The number of carbonyl (C=O) groups is 2. The fraction of sp³-hybridized carbons (Fsp3) is 0.0909. The van der Waals surface area contributed by atoms with E-state index in [1.165, 1.54) is 32.7 Å². The van der Waals surface area contributed by atoms with Crippen molar-refractivity contribution in [2.75, 3.05) is 50.2 Å². The second-order valence-corrected chi connectivity index (χ2v) is 17.6. The molecule has 0 aliphatic carbocycles. The maximum absolute atomic E-state index is 12.3. The maximum atomic E-state index is 12.3. The van der Waals surface area contributed by atoms with Gasteiger partial charge in [0, 0.05) is 25.5 Å². The standard InChI is InChI=1S/C66H56N2O4/c1-67(45-47-71-65(69)55-13-5-3-6-14-55)57-39-33-53(34-40-57)31-25-49-21-27-51(28-22-49)37-43-63-59-17-9-11-19-61(59)64(62-20-12-10-18-60(62)63)44-38-52-29-23-50(24-30-52)26-32-54-35-41-58(42-36-54)68(2)46-48-72-66(70)56-15-7-4-8-16-56/h3-44H,45-48H2,1-2H3. The van der Waals surface area contributed by atoms with Gasteiger partial charge in [0.15, 0.2) is 0 Å². The lowest BCUT2D eigenvalue weighted by Crippen LogP contribution is -2.23. The van der Waals surface area contributed by atoms with Crippen LogP contribution < -0.4 is 9.80 Å². The number of nitrogens with zero attached hydrogens (tertiary/aromatic N) is 2. The van der Waals surface area contributed by atoms with E-state index in [1.807, 2.05) is 50.5 Å². The Balaban J connectivity index is 0.807. The quantitative estimate of drug-likeness (QED) is 0.0485. The molecular formula is C66H56N2O4. The third-order valence-corrected chi connectivity index (χ3v) is 12.7. The van der Waals surface area contributed by atoms with E-state index in [9.17, 15) is 9.59 Å². The first kappa shape index (κ1) is 48.0. The highest BCUT2D eigenvalue weighted by Gasteiger charge is 2.12. The Morgan fingerprint density at radius 3 is 0.875 bits per heavy atom. The van der Waals surface area contributed by atoms with Gasteiger partial charge in [-0.25, -0.2) is 9.59 Å². The van der Waals surface area contributed by atoms with Crippen molar-refractivity contribution in [2.45, 2.75) is 0 Å². The van der Waals surface area contributed by atoms with Crippen LogP contribution in [0.5, 0.6) is 0 Å². The lowest BCUT2D eigenvalue weighted by atomic mass is 9.90. The van der Waals surface area contributed by atoms with Gasteiger partial charge in [0.1, 0.15) is 13.2 Å². The number of ether oxygens (including phenoxy) is 2. The molecule has 0 aromatic heterocycles. The van der Waals surface area contributed by atoms with Crippen LogP contribution in [-0.4, -0.2) is 52.3 Å². The lowest BCUT2D eigenvalue weighted by molar-refractivity contribution is 0.0506. The van der Waals surface area contributed by atoms with Gasteiger partial charge in [-0.3, -0.25) is 0 Å². The average Bonchev–Trinajstić information content (AvgIpc) is 3.44. The molecule has 0 saturated carbocycles. The van der Waals surface area contributed by atoms with E-state index in [1.54, 1.807) is 24.3 Å². The lowest BCUT2D eigenvalue weighted by Gasteiger charge is -2.19. The van der Waals surface area contributed by atoms with E-state index in [-0.39, 0.29) is 11.9 Å². The molecule has 0 fully saturated rings. The summed E-state index contributed by atoms with van der Waals surface area (Å²) in [5.74, 6) is -0.611. The molecule has 72 heavy (non-hydrogen) atoms. The Morgan fingerprint density at radius 2 is 0.583 bits per heavy atom. The van der Waals surface area contributed by atoms with Crippen molar-refractivity contribution in [3.05, 3.63) is 262 Å². The number of esters is 2. The van der Waals surface area contributed by atoms with Crippen molar-refractivity contribution in [3.8, 4) is 0 Å². The van der Waals surface area contributed by atoms with Crippen molar-refractivity contribution in [1.29, 1.82) is 0 Å². The first-order valence-electron chi connectivity index (χ1n) is 24.3. The highest BCUT2D eigenvalue weighted by molar-refractivity contribution is 6.14. The van der Waals surface area contributed by atoms with E-state index in [0.29, 0.717) is 37.4 Å². The molecular weight excluding hydrogens is 885 g/mol. The summed E-state index contributed by atoms with van der Waals surface area (Å²) in [6.45, 7) is 1.81. The van der Waals surface area contributed by atoms with Crippen LogP contribution in [0.15, 0.2) is 206 Å². The summed E-state index contributed by atoms with van der Waals surface area (Å²) in [6, 6.07) is 69.5. The zero-order chi connectivity index (χ0) is 49.5. The highest BCUT2D eigenvalue weighted by Crippen LogP contribution is 2.35. The number of anilines is 2. The smallest absolute Gasteiger partial charge is 0.338 e. The Kier molecular flexibility index (Phi) is 15.7. The van der Waals surface area contributed by atoms with Crippen LogP contribution in [0.1, 0.15) is 65.2 Å². The highest BCUT2D eigenvalue weighted by atomic mass is 16.5. The molecule has 6 nitrogen and oxygen atoms in total. The minimum absolute atomic E-state index is 0.305. The van der Waals surface area contributed by atoms with Crippen molar-refractivity contribution in [2.24, 2.45) is 0 Å². The van der Waals surface area contributed by atoms with E-state index in [4.69, 9.17) is 9.47 Å². The molecule has 354 valence electrons. The topological polar surface area (TPSA) is 59.1 Å². The van der Waals surface area contributed by atoms with Crippen LogP contribution in [0.4, 0.5) is 11.4 Å². The second kappa shape index (κ2) is 23.5. The molecule has 0 atom stereocenters. The Morgan fingerprint density at radius 1 is 0.333 bits per heavy atom. The molecule has 0 bridgehead atoms. The van der Waals surface area contributed by atoms with Gasteiger partial charge in [0.2, 0.25) is 0 Å². The third kappa shape index (κ3) is 12.4. The predicted molar refractivity (Wildman–Crippen MR) is 303 cm³/mol. The maximum Gasteiger partial charge on any atom is 0.338 e. The minimum Gasteiger partial charge on any atom is -0.460 e. The fourth-order valence-electron chi connectivity index (χ4n) is 8.54. The Bertz CT molecular complexity index is 3090. The largest absolute Gasteiger partial charge is 0.460 e. The molecule has 6 heteroatoms. The fourth-order valence-corrected chi connectivity index (χ4v) is 8.54. The molecule has 0 aliphatic rings. The minimum atomic E-state index is -0.305. The molecule has 0 radical (unpaired) electrons. The Hall–Kier alpha value is -9.00. The van der Waals surface area contributed by atoms with E-state index in [0.717, 1.165) is 44.8 Å². The summed E-state index contributed by atoms with van der Waals surface area (Å²) in [5.41, 5.74) is 12.3. The monoisotopic (exact) mass is 940 g/mol. The first-order valence-corrected chi connectivity index (χ1v) is 24.3. The van der Waals surface area contributed by atoms with E-state index in [2.05, 4.69) is 204 Å². The number of hydrogen-bond acceptors (Lipinski definition) is 6. The van der Waals surface area contributed by atoms with Gasteiger partial charge in [0.05, 0.1) is 24.2 Å². The second-order valence-electron chi connectivity index (χ2n) is 17.6. The SMILES string of the molecule is CN(CCOC(=O)c1ccccc1)c1ccc(C=Cc2ccc(C=Cc3c4ccccc4c(C=Cc4ccc(C=Cc5ccc(N(C)CCOC(=O)c6ccccc6)cc5)cc4)c4ccccc34)cc2)cc1. The van der Waals surface area contributed by atoms with Gasteiger partial charge in [-0.05, 0) is 115 Å². The van der Waals surface area contributed by atoms with Crippen LogP contribution in [-0.2, 0) is 9.47 Å². The van der Waals surface area contributed by atoms with Gasteiger partial charge in [-0.2, -0.15) is 0 Å². The molecule has 0 aliphatic heterocycles. The summed E-state index contributed by atoms with van der Waals surface area (Å²) >= 11 is 0. The van der Waals surface area contributed by atoms with Crippen molar-refractivity contribution in [3.63, 3.8) is 0 Å². The zero-order valence-electron chi connectivity index (χ0n) is 40.6. The Labute approximate surface area is 422 Å². The van der Waals surface area contributed by atoms with E-state index >= 15 is 0 Å². The number of likely N-dealkylation sites (N-methyl/N-ethyl adjacent to an activating group) is 2. The van der Waals surface area contributed by atoms with Crippen molar-refractivity contribution >= 4 is 93.5 Å². The molecule has 9 aromatic carbocycles. The summed E-state index contributed by atoms with van der Waals surface area (Å²) in [6.07, 6.45) is 17.4. The molecule has 9 rings (SSSR count). The third-order valence-electron chi connectivity index (χ3n) is 12.7. The number of hydrogen-bond donors (Lipinski definition) is 0. The van der Waals surface area contributed by atoms with Gasteiger partial charge in [0.25, 0.3) is 0 Å². The van der Waals surface area contributed by atoms with Gasteiger partial charge in [-0.15, -0.1) is 0 Å². The molecule has 9 aromatic rings. The van der Waals surface area contributed by atoms with Crippen LogP contribution in [0, 0.1) is 0 Å². The normalized spacial score (nSPS) is 11.6. The number of benzene rings is 9.